The van der Waals surface area contributed by atoms with Crippen molar-refractivity contribution in [3.8, 4) is 5.75 Å². The molecule has 0 saturated heterocycles. The zero-order valence-electron chi connectivity index (χ0n) is 16.8. The molecule has 31 heavy (non-hydrogen) atoms. The lowest BCUT2D eigenvalue weighted by Gasteiger charge is -2.09. The Morgan fingerprint density at radius 2 is 1.61 bits per heavy atom. The summed E-state index contributed by atoms with van der Waals surface area (Å²) in [7, 11) is 0. The van der Waals surface area contributed by atoms with Crippen molar-refractivity contribution >= 4 is 18.0 Å². The van der Waals surface area contributed by atoms with Gasteiger partial charge in [-0.25, -0.2) is 9.82 Å². The summed E-state index contributed by atoms with van der Waals surface area (Å²) in [5, 5.41) is 6.37. The molecule has 3 aromatic rings. The highest BCUT2D eigenvalue weighted by Crippen LogP contribution is 2.18. The smallest absolute Gasteiger partial charge is 0.329 e. The molecule has 0 spiro atoms. The van der Waals surface area contributed by atoms with Gasteiger partial charge in [-0.2, -0.15) is 5.10 Å². The van der Waals surface area contributed by atoms with Crippen molar-refractivity contribution in [1.29, 1.82) is 0 Å². The summed E-state index contributed by atoms with van der Waals surface area (Å²) in [5.74, 6) is -1.51. The Hall–Kier alpha value is -4.00. The van der Waals surface area contributed by atoms with E-state index in [1.165, 1.54) is 12.3 Å². The van der Waals surface area contributed by atoms with Gasteiger partial charge in [0.05, 0.1) is 6.21 Å². The Bertz CT molecular complexity index is 1050. The maximum atomic E-state index is 13.8. The van der Waals surface area contributed by atoms with Crippen molar-refractivity contribution in [3.05, 3.63) is 101 Å². The molecule has 2 amide bonds. The Morgan fingerprint density at radius 1 is 0.903 bits per heavy atom. The minimum atomic E-state index is -0.867. The van der Waals surface area contributed by atoms with Gasteiger partial charge in [-0.05, 0) is 30.2 Å². The molecule has 2 N–H and O–H groups in total. The van der Waals surface area contributed by atoms with E-state index in [1.54, 1.807) is 42.5 Å². The number of amides is 2. The number of carbonyl (C=O) groups is 2. The maximum Gasteiger partial charge on any atom is 0.329 e. The highest BCUT2D eigenvalue weighted by molar-refractivity contribution is 6.35. The molecule has 0 heterocycles. The van der Waals surface area contributed by atoms with E-state index in [4.69, 9.17) is 4.74 Å². The zero-order chi connectivity index (χ0) is 21.9. The van der Waals surface area contributed by atoms with E-state index in [1.807, 2.05) is 30.3 Å². The van der Waals surface area contributed by atoms with Crippen molar-refractivity contribution in [2.45, 2.75) is 13.0 Å². The molecular formula is C24H22FN3O3. The molecule has 0 radical (unpaired) electrons. The number of hydrogen-bond donors (Lipinski definition) is 2. The van der Waals surface area contributed by atoms with Crippen LogP contribution < -0.4 is 15.5 Å². The zero-order valence-corrected chi connectivity index (χ0v) is 16.8. The third kappa shape index (κ3) is 6.78. The number of hydrazone groups is 1. The molecule has 3 rings (SSSR count). The van der Waals surface area contributed by atoms with Crippen molar-refractivity contribution in [1.82, 2.24) is 10.7 Å². The molecule has 0 fully saturated rings. The van der Waals surface area contributed by atoms with E-state index in [-0.39, 0.29) is 12.4 Å². The molecule has 7 heteroatoms. The van der Waals surface area contributed by atoms with Gasteiger partial charge in [-0.3, -0.25) is 9.59 Å². The molecular weight excluding hydrogens is 397 g/mol. The molecule has 158 valence electrons. The van der Waals surface area contributed by atoms with Gasteiger partial charge in [0.25, 0.3) is 0 Å². The third-order valence-corrected chi connectivity index (χ3v) is 4.38. The van der Waals surface area contributed by atoms with Gasteiger partial charge >= 0.3 is 11.8 Å². The van der Waals surface area contributed by atoms with Crippen LogP contribution in [0.25, 0.3) is 0 Å². The minimum Gasteiger partial charge on any atom is -0.488 e. The van der Waals surface area contributed by atoms with E-state index in [0.717, 1.165) is 5.56 Å². The molecule has 0 atom stereocenters. The molecule has 0 bridgehead atoms. The van der Waals surface area contributed by atoms with E-state index < -0.39 is 11.8 Å². The minimum absolute atomic E-state index is 0.0493. The summed E-state index contributed by atoms with van der Waals surface area (Å²) in [6, 6.07) is 23.0. The second kappa shape index (κ2) is 11.3. The van der Waals surface area contributed by atoms with Crippen LogP contribution in [0.2, 0.25) is 0 Å². The molecule has 6 nitrogen and oxygen atoms in total. The fourth-order valence-corrected chi connectivity index (χ4v) is 2.75. The first-order valence-corrected chi connectivity index (χ1v) is 9.74. The van der Waals surface area contributed by atoms with E-state index in [0.29, 0.717) is 29.8 Å². The van der Waals surface area contributed by atoms with Crippen molar-refractivity contribution in [2.24, 2.45) is 5.10 Å². The topological polar surface area (TPSA) is 79.8 Å². The normalized spacial score (nSPS) is 10.6. The molecule has 0 aliphatic heterocycles. The van der Waals surface area contributed by atoms with E-state index in [2.05, 4.69) is 15.8 Å². The Morgan fingerprint density at radius 3 is 2.42 bits per heavy atom. The van der Waals surface area contributed by atoms with Gasteiger partial charge < -0.3 is 10.1 Å². The van der Waals surface area contributed by atoms with Crippen LogP contribution in [0.1, 0.15) is 16.7 Å². The summed E-state index contributed by atoms with van der Waals surface area (Å²) in [6.45, 7) is 0.389. The Balaban J connectivity index is 1.49. The number of rotatable bonds is 8. The lowest BCUT2D eigenvalue weighted by molar-refractivity contribution is -0.139. The third-order valence-electron chi connectivity index (χ3n) is 4.38. The highest BCUT2D eigenvalue weighted by Gasteiger charge is 2.12. The summed E-state index contributed by atoms with van der Waals surface area (Å²) in [4.78, 5) is 23.8. The van der Waals surface area contributed by atoms with Gasteiger partial charge in [0.1, 0.15) is 18.2 Å². The van der Waals surface area contributed by atoms with Crippen molar-refractivity contribution < 1.29 is 18.7 Å². The van der Waals surface area contributed by atoms with Crippen LogP contribution in [-0.4, -0.2) is 24.6 Å². The molecule has 3 aromatic carbocycles. The van der Waals surface area contributed by atoms with Crippen LogP contribution in [0.4, 0.5) is 4.39 Å². The van der Waals surface area contributed by atoms with Crippen molar-refractivity contribution in [3.63, 3.8) is 0 Å². The second-order valence-corrected chi connectivity index (χ2v) is 6.61. The number of nitrogens with one attached hydrogen (secondary N) is 2. The molecule has 0 aliphatic rings. The number of hydrogen-bond acceptors (Lipinski definition) is 4. The van der Waals surface area contributed by atoms with Crippen LogP contribution in [0.3, 0.4) is 0 Å². The molecule has 0 unspecified atom stereocenters. The highest BCUT2D eigenvalue weighted by atomic mass is 19.1. The Kier molecular flexibility index (Phi) is 7.88. The number of nitrogens with zero attached hydrogens (tertiary/aromatic N) is 1. The number of para-hydroxylation sites is 1. The quantitative estimate of drug-likeness (QED) is 0.334. The van der Waals surface area contributed by atoms with Crippen LogP contribution in [-0.2, 0) is 22.6 Å². The van der Waals surface area contributed by atoms with Gasteiger partial charge in [-0.15, -0.1) is 0 Å². The SMILES string of the molecule is O=C(NCCc1ccccc1)C(=O)N/N=C\c1ccccc1OCc1ccccc1F. The summed E-state index contributed by atoms with van der Waals surface area (Å²) >= 11 is 0. The fourth-order valence-electron chi connectivity index (χ4n) is 2.75. The number of halogens is 1. The average Bonchev–Trinajstić information content (AvgIpc) is 2.80. The maximum absolute atomic E-state index is 13.8. The fraction of sp³-hybridized carbons (Fsp3) is 0.125. The lowest BCUT2D eigenvalue weighted by atomic mass is 10.1. The molecule has 0 aliphatic carbocycles. The van der Waals surface area contributed by atoms with Gasteiger partial charge in [0.15, 0.2) is 0 Å². The largest absolute Gasteiger partial charge is 0.488 e. The average molecular weight is 419 g/mol. The van der Waals surface area contributed by atoms with Crippen LogP contribution in [0.15, 0.2) is 84.0 Å². The number of carbonyl (C=O) groups excluding carboxylic acids is 2. The second-order valence-electron chi connectivity index (χ2n) is 6.61. The first kappa shape index (κ1) is 21.7. The summed E-state index contributed by atoms with van der Waals surface area (Å²) in [6.07, 6.45) is 1.99. The number of ether oxygens (including phenoxy) is 1. The van der Waals surface area contributed by atoms with Crippen LogP contribution >= 0.6 is 0 Å². The molecule has 0 saturated carbocycles. The monoisotopic (exact) mass is 419 g/mol. The first-order chi connectivity index (χ1) is 15.1. The predicted octanol–water partition coefficient (Wildman–Crippen LogP) is 3.21. The first-order valence-electron chi connectivity index (χ1n) is 9.74. The van der Waals surface area contributed by atoms with Crippen LogP contribution in [0, 0.1) is 5.82 Å². The predicted molar refractivity (Wildman–Crippen MR) is 116 cm³/mol. The molecule has 0 aromatic heterocycles. The standard InChI is InChI=1S/C24H22FN3O3/c25-21-12-6-4-11-20(21)17-31-22-13-7-5-10-19(22)16-27-28-24(30)23(29)26-15-14-18-8-2-1-3-9-18/h1-13,16H,14-15,17H2,(H,26,29)(H,28,30)/b27-16-. The summed E-state index contributed by atoms with van der Waals surface area (Å²) < 4.78 is 19.4. The van der Waals surface area contributed by atoms with E-state index >= 15 is 0 Å². The summed E-state index contributed by atoms with van der Waals surface area (Å²) in [5.41, 5.74) is 4.25. The lowest BCUT2D eigenvalue weighted by Crippen LogP contribution is -2.38. The Labute approximate surface area is 179 Å². The van der Waals surface area contributed by atoms with Crippen LogP contribution in [0.5, 0.6) is 5.75 Å². The number of benzene rings is 3. The van der Waals surface area contributed by atoms with Crippen molar-refractivity contribution in [2.75, 3.05) is 6.54 Å². The van der Waals surface area contributed by atoms with Gasteiger partial charge in [-0.1, -0.05) is 60.7 Å². The van der Waals surface area contributed by atoms with Gasteiger partial charge in [0, 0.05) is 17.7 Å². The van der Waals surface area contributed by atoms with E-state index in [9.17, 15) is 14.0 Å². The van der Waals surface area contributed by atoms with Gasteiger partial charge in [0.2, 0.25) is 0 Å².